The van der Waals surface area contributed by atoms with Crippen molar-refractivity contribution < 1.29 is 22.7 Å². The van der Waals surface area contributed by atoms with Crippen molar-refractivity contribution in [1.82, 2.24) is 10.2 Å². The van der Waals surface area contributed by atoms with Gasteiger partial charge in [0, 0.05) is 31.4 Å². The molecule has 9 heteroatoms. The van der Waals surface area contributed by atoms with Gasteiger partial charge in [-0.05, 0) is 93.6 Å². The monoisotopic (exact) mass is 535 g/mol. The van der Waals surface area contributed by atoms with Crippen LogP contribution in [0, 0.1) is 5.92 Å². The van der Waals surface area contributed by atoms with Crippen molar-refractivity contribution in [2.45, 2.75) is 56.8 Å². The lowest BCUT2D eigenvalue weighted by Crippen LogP contribution is -2.46. The molecular formula is C28H33ClF3N3O2. The van der Waals surface area contributed by atoms with Crippen LogP contribution in [-0.2, 0) is 17.4 Å². The van der Waals surface area contributed by atoms with E-state index in [1.807, 2.05) is 23.1 Å². The Labute approximate surface area is 220 Å². The van der Waals surface area contributed by atoms with Crippen LogP contribution in [0.15, 0.2) is 42.5 Å². The van der Waals surface area contributed by atoms with E-state index in [9.17, 15) is 18.0 Å². The van der Waals surface area contributed by atoms with Crippen LogP contribution >= 0.6 is 11.6 Å². The van der Waals surface area contributed by atoms with Gasteiger partial charge in [0.1, 0.15) is 5.75 Å². The van der Waals surface area contributed by atoms with Crippen LogP contribution in [0.1, 0.15) is 43.2 Å². The zero-order valence-corrected chi connectivity index (χ0v) is 21.5. The first-order chi connectivity index (χ1) is 17.7. The Kier molecular flexibility index (Phi) is 7.86. The molecule has 200 valence electrons. The van der Waals surface area contributed by atoms with Crippen LogP contribution in [-0.4, -0.2) is 55.7 Å². The van der Waals surface area contributed by atoms with Crippen LogP contribution in [0.3, 0.4) is 0 Å². The molecule has 2 atom stereocenters. The number of halogens is 4. The van der Waals surface area contributed by atoms with E-state index >= 15 is 0 Å². The molecule has 1 aliphatic carbocycles. The molecule has 3 fully saturated rings. The van der Waals surface area contributed by atoms with Gasteiger partial charge in [-0.1, -0.05) is 17.7 Å². The fraction of sp³-hybridized carbons (Fsp3) is 0.536. The zero-order chi connectivity index (χ0) is 26.0. The Morgan fingerprint density at radius 2 is 1.78 bits per heavy atom. The maximum atomic E-state index is 13.3. The van der Waals surface area contributed by atoms with Gasteiger partial charge in [-0.15, -0.1) is 0 Å². The first kappa shape index (κ1) is 26.2. The molecule has 3 aliphatic rings. The second-order valence-electron chi connectivity index (χ2n) is 10.5. The molecule has 2 heterocycles. The fourth-order valence-electron chi connectivity index (χ4n) is 5.24. The Bertz CT molecular complexity index is 1090. The number of carbonyl (C=O) groups is 1. The highest BCUT2D eigenvalue weighted by atomic mass is 35.5. The number of anilines is 1. The number of carbonyl (C=O) groups excluding carboxylic acids is 1. The van der Waals surface area contributed by atoms with E-state index in [0.29, 0.717) is 42.4 Å². The third-order valence-electron chi connectivity index (χ3n) is 7.44. The molecule has 0 radical (unpaired) electrons. The number of benzene rings is 2. The van der Waals surface area contributed by atoms with E-state index in [2.05, 4.69) is 10.2 Å². The summed E-state index contributed by atoms with van der Waals surface area (Å²) in [5.41, 5.74) is 1.09. The molecule has 2 saturated heterocycles. The first-order valence-electron chi connectivity index (χ1n) is 13.1. The van der Waals surface area contributed by atoms with E-state index in [1.165, 1.54) is 25.0 Å². The third-order valence-corrected chi connectivity index (χ3v) is 7.73. The predicted molar refractivity (Wildman–Crippen MR) is 138 cm³/mol. The van der Waals surface area contributed by atoms with E-state index in [0.717, 1.165) is 50.2 Å². The van der Waals surface area contributed by atoms with Crippen molar-refractivity contribution >= 4 is 23.2 Å². The van der Waals surface area contributed by atoms with Crippen molar-refractivity contribution in [2.24, 2.45) is 5.92 Å². The quantitative estimate of drug-likeness (QED) is 0.457. The summed E-state index contributed by atoms with van der Waals surface area (Å²) in [6.07, 6.45) is 1.74. The number of nitrogens with one attached hydrogen (secondary N) is 1. The number of alkyl halides is 3. The molecule has 1 amide bonds. The highest BCUT2D eigenvalue weighted by Crippen LogP contribution is 2.33. The number of ether oxygens (including phenoxy) is 1. The van der Waals surface area contributed by atoms with Gasteiger partial charge in [0.05, 0.1) is 22.6 Å². The number of amides is 1. The van der Waals surface area contributed by atoms with Gasteiger partial charge in [0.2, 0.25) is 5.91 Å². The third kappa shape index (κ3) is 6.90. The lowest BCUT2D eigenvalue weighted by molar-refractivity contribution is -0.137. The standard InChI is InChI=1S/C28H33ClF3N3O2/c29-25-16-19(3-10-26(25)37-24-8-9-24)15-22(18-34-12-1-2-13-34)33-27(36)20-11-14-35(17-20)23-6-4-21(5-7-23)28(30,31)32/h3-7,10,16,20,22,24H,1-2,8-9,11-15,17-18H2,(H,33,36). The predicted octanol–water partition coefficient (Wildman–Crippen LogP) is 5.55. The molecule has 2 aliphatic heterocycles. The van der Waals surface area contributed by atoms with E-state index in [-0.39, 0.29) is 24.0 Å². The number of hydrogen-bond acceptors (Lipinski definition) is 4. The van der Waals surface area contributed by atoms with Crippen LogP contribution < -0.4 is 15.0 Å². The summed E-state index contributed by atoms with van der Waals surface area (Å²) in [6.45, 7) is 3.98. The van der Waals surface area contributed by atoms with Gasteiger partial charge in [0.15, 0.2) is 0 Å². The molecule has 2 unspecified atom stereocenters. The summed E-state index contributed by atoms with van der Waals surface area (Å²) in [4.78, 5) is 17.7. The molecule has 0 bridgehead atoms. The normalized spacial score (nSPS) is 21.3. The van der Waals surface area contributed by atoms with Crippen molar-refractivity contribution in [3.8, 4) is 5.75 Å². The highest BCUT2D eigenvalue weighted by Gasteiger charge is 2.33. The topological polar surface area (TPSA) is 44.8 Å². The largest absolute Gasteiger partial charge is 0.489 e. The van der Waals surface area contributed by atoms with Gasteiger partial charge in [0.25, 0.3) is 0 Å². The average Bonchev–Trinajstić information content (AvgIpc) is 3.29. The molecule has 1 saturated carbocycles. The minimum Gasteiger partial charge on any atom is -0.489 e. The number of likely N-dealkylation sites (tertiary alicyclic amines) is 1. The van der Waals surface area contributed by atoms with Gasteiger partial charge in [-0.3, -0.25) is 4.79 Å². The Balaban J connectivity index is 1.21. The number of nitrogens with zero attached hydrogens (tertiary/aromatic N) is 2. The van der Waals surface area contributed by atoms with Gasteiger partial charge >= 0.3 is 6.18 Å². The van der Waals surface area contributed by atoms with Crippen molar-refractivity contribution in [1.29, 1.82) is 0 Å². The smallest absolute Gasteiger partial charge is 0.416 e. The highest BCUT2D eigenvalue weighted by molar-refractivity contribution is 6.32. The lowest BCUT2D eigenvalue weighted by atomic mass is 10.0. The Morgan fingerprint density at radius 1 is 1.05 bits per heavy atom. The summed E-state index contributed by atoms with van der Waals surface area (Å²) >= 11 is 6.48. The van der Waals surface area contributed by atoms with Crippen molar-refractivity contribution in [2.75, 3.05) is 37.6 Å². The summed E-state index contributed by atoms with van der Waals surface area (Å²) in [7, 11) is 0. The van der Waals surface area contributed by atoms with Crippen LogP contribution in [0.4, 0.5) is 18.9 Å². The minimum atomic E-state index is -4.36. The molecule has 2 aromatic rings. The number of hydrogen-bond donors (Lipinski definition) is 1. The molecule has 1 N–H and O–H groups in total. The molecule has 2 aromatic carbocycles. The zero-order valence-electron chi connectivity index (χ0n) is 20.8. The molecule has 37 heavy (non-hydrogen) atoms. The Hall–Kier alpha value is -2.45. The molecule has 0 aromatic heterocycles. The van der Waals surface area contributed by atoms with E-state index in [1.54, 1.807) is 0 Å². The first-order valence-corrected chi connectivity index (χ1v) is 13.5. The van der Waals surface area contributed by atoms with Crippen LogP contribution in [0.2, 0.25) is 5.02 Å². The maximum Gasteiger partial charge on any atom is 0.416 e. The lowest BCUT2D eigenvalue weighted by Gasteiger charge is -2.26. The minimum absolute atomic E-state index is 0.00149. The maximum absolute atomic E-state index is 13.3. The van der Waals surface area contributed by atoms with Gasteiger partial charge < -0.3 is 19.9 Å². The summed E-state index contributed by atoms with van der Waals surface area (Å²) in [6, 6.07) is 11.0. The Morgan fingerprint density at radius 3 is 2.43 bits per heavy atom. The molecule has 0 spiro atoms. The molecular weight excluding hydrogens is 503 g/mol. The second kappa shape index (κ2) is 11.1. The second-order valence-corrected chi connectivity index (χ2v) is 10.9. The summed E-state index contributed by atoms with van der Waals surface area (Å²) in [5, 5.41) is 3.88. The molecule has 5 nitrogen and oxygen atoms in total. The molecule has 5 rings (SSSR count). The van der Waals surface area contributed by atoms with Crippen molar-refractivity contribution in [3.05, 3.63) is 58.6 Å². The fourth-order valence-corrected chi connectivity index (χ4v) is 5.49. The average molecular weight is 536 g/mol. The van der Waals surface area contributed by atoms with Crippen LogP contribution in [0.25, 0.3) is 0 Å². The van der Waals surface area contributed by atoms with Gasteiger partial charge in [-0.2, -0.15) is 13.2 Å². The summed E-state index contributed by atoms with van der Waals surface area (Å²) < 4.78 is 44.6. The van der Waals surface area contributed by atoms with Crippen LogP contribution in [0.5, 0.6) is 5.75 Å². The SMILES string of the molecule is O=C(NC(Cc1ccc(OC2CC2)c(Cl)c1)CN1CCCC1)C1CCN(c2ccc(C(F)(F)F)cc2)C1. The van der Waals surface area contributed by atoms with Gasteiger partial charge in [-0.25, -0.2) is 0 Å². The van der Waals surface area contributed by atoms with E-state index < -0.39 is 11.7 Å². The number of rotatable bonds is 9. The summed E-state index contributed by atoms with van der Waals surface area (Å²) in [5.74, 6) is 0.502. The van der Waals surface area contributed by atoms with Crippen molar-refractivity contribution in [3.63, 3.8) is 0 Å². The van der Waals surface area contributed by atoms with E-state index in [4.69, 9.17) is 16.3 Å².